The maximum absolute atomic E-state index is 6.06. The Morgan fingerprint density at radius 2 is 2.22 bits per heavy atom. The van der Waals surface area contributed by atoms with Crippen LogP contribution in [0.5, 0.6) is 0 Å². The van der Waals surface area contributed by atoms with Crippen molar-refractivity contribution in [3.63, 3.8) is 0 Å². The molecule has 0 unspecified atom stereocenters. The van der Waals surface area contributed by atoms with E-state index in [9.17, 15) is 0 Å². The molecule has 3 heterocycles. The Balaban J connectivity index is 1.50. The number of nitrogens with zero attached hydrogens (tertiary/aromatic N) is 4. The Kier molecular flexibility index (Phi) is 5.77. The summed E-state index contributed by atoms with van der Waals surface area (Å²) in [5.41, 5.74) is 1.00. The number of likely N-dealkylation sites (tertiary alicyclic amines) is 1. The van der Waals surface area contributed by atoms with Crippen LogP contribution in [0.4, 0.5) is 0 Å². The van der Waals surface area contributed by atoms with E-state index >= 15 is 0 Å². The van der Waals surface area contributed by atoms with Gasteiger partial charge >= 0.3 is 0 Å². The fraction of sp³-hybridized carbons (Fsp3) is 0.556. The van der Waals surface area contributed by atoms with E-state index in [4.69, 9.17) is 4.74 Å². The van der Waals surface area contributed by atoms with Crippen LogP contribution < -0.4 is 0 Å². The van der Waals surface area contributed by atoms with Crippen molar-refractivity contribution in [3.8, 4) is 0 Å². The van der Waals surface area contributed by atoms with Crippen LogP contribution in [0.2, 0.25) is 0 Å². The van der Waals surface area contributed by atoms with Crippen LogP contribution in [-0.2, 0) is 24.4 Å². The van der Waals surface area contributed by atoms with E-state index in [1.54, 1.807) is 0 Å². The highest BCUT2D eigenvalue weighted by molar-refractivity contribution is 5.02. The van der Waals surface area contributed by atoms with Gasteiger partial charge in [-0.2, -0.15) is 0 Å². The molecule has 0 amide bonds. The summed E-state index contributed by atoms with van der Waals surface area (Å²) < 4.78 is 8.33. The second kappa shape index (κ2) is 8.22. The van der Waals surface area contributed by atoms with Crippen molar-refractivity contribution >= 4 is 0 Å². The van der Waals surface area contributed by atoms with Crippen LogP contribution in [-0.4, -0.2) is 38.6 Å². The van der Waals surface area contributed by atoms with E-state index in [1.165, 1.54) is 6.42 Å². The highest BCUT2D eigenvalue weighted by Gasteiger charge is 2.21. The minimum atomic E-state index is 0.292. The van der Waals surface area contributed by atoms with Crippen LogP contribution in [0.15, 0.2) is 36.8 Å². The van der Waals surface area contributed by atoms with Crippen molar-refractivity contribution in [3.05, 3.63) is 48.3 Å². The first-order valence-corrected chi connectivity index (χ1v) is 8.59. The standard InChI is InChI=1S/C18H26N4O/c1-2-10-22-12-9-20-18(22)14-21-11-5-7-17(13-21)23-15-16-6-3-4-8-19-16/h3-4,6,8-9,12,17H,2,5,7,10-11,13-15H2,1H3/t17-/m0/s1. The molecule has 1 atom stereocenters. The first kappa shape index (κ1) is 16.1. The second-order valence-corrected chi connectivity index (χ2v) is 6.17. The number of hydrogen-bond acceptors (Lipinski definition) is 4. The van der Waals surface area contributed by atoms with Gasteiger partial charge in [0.2, 0.25) is 0 Å². The van der Waals surface area contributed by atoms with E-state index in [0.717, 1.165) is 50.5 Å². The zero-order valence-electron chi connectivity index (χ0n) is 13.9. The van der Waals surface area contributed by atoms with Crippen molar-refractivity contribution in [1.82, 2.24) is 19.4 Å². The Morgan fingerprint density at radius 1 is 1.26 bits per heavy atom. The molecule has 2 aromatic rings. The fourth-order valence-corrected chi connectivity index (χ4v) is 3.12. The lowest BCUT2D eigenvalue weighted by Crippen LogP contribution is -2.39. The molecule has 0 aliphatic carbocycles. The van der Waals surface area contributed by atoms with Gasteiger partial charge in [0, 0.05) is 31.7 Å². The Hall–Kier alpha value is -1.72. The number of aryl methyl sites for hydroxylation is 1. The van der Waals surface area contributed by atoms with Crippen LogP contribution in [0.1, 0.15) is 37.7 Å². The highest BCUT2D eigenvalue weighted by atomic mass is 16.5. The lowest BCUT2D eigenvalue weighted by Gasteiger charge is -2.32. The van der Waals surface area contributed by atoms with Crippen LogP contribution >= 0.6 is 0 Å². The molecule has 1 aliphatic heterocycles. The molecule has 0 aromatic carbocycles. The number of hydrogen-bond donors (Lipinski definition) is 0. The van der Waals surface area contributed by atoms with Crippen LogP contribution in [0, 0.1) is 0 Å². The second-order valence-electron chi connectivity index (χ2n) is 6.17. The van der Waals surface area contributed by atoms with E-state index in [-0.39, 0.29) is 0 Å². The fourth-order valence-electron chi connectivity index (χ4n) is 3.12. The molecule has 23 heavy (non-hydrogen) atoms. The third kappa shape index (κ3) is 4.62. The molecule has 0 saturated carbocycles. The average Bonchev–Trinajstić information content (AvgIpc) is 3.02. The largest absolute Gasteiger partial charge is 0.371 e. The number of rotatable bonds is 7. The lowest BCUT2D eigenvalue weighted by molar-refractivity contribution is -0.0140. The maximum Gasteiger partial charge on any atom is 0.122 e. The van der Waals surface area contributed by atoms with Gasteiger partial charge in [0.05, 0.1) is 24.9 Å². The van der Waals surface area contributed by atoms with Crippen LogP contribution in [0.25, 0.3) is 0 Å². The number of imidazole rings is 1. The van der Waals surface area contributed by atoms with Crippen molar-refractivity contribution < 1.29 is 4.74 Å². The third-order valence-corrected chi connectivity index (χ3v) is 4.29. The molecule has 124 valence electrons. The SMILES string of the molecule is CCCn1ccnc1CN1CCC[C@H](OCc2ccccn2)C1. The van der Waals surface area contributed by atoms with Gasteiger partial charge in [0.25, 0.3) is 0 Å². The molecule has 3 rings (SSSR count). The van der Waals surface area contributed by atoms with Gasteiger partial charge in [-0.25, -0.2) is 4.98 Å². The minimum absolute atomic E-state index is 0.292. The Morgan fingerprint density at radius 3 is 3.04 bits per heavy atom. The van der Waals surface area contributed by atoms with Crippen LogP contribution in [0.3, 0.4) is 0 Å². The molecule has 1 fully saturated rings. The van der Waals surface area contributed by atoms with Crippen molar-refractivity contribution in [2.24, 2.45) is 0 Å². The van der Waals surface area contributed by atoms with Crippen molar-refractivity contribution in [1.29, 1.82) is 0 Å². The first-order valence-electron chi connectivity index (χ1n) is 8.59. The summed E-state index contributed by atoms with van der Waals surface area (Å²) in [5, 5.41) is 0. The number of aromatic nitrogens is 3. The van der Waals surface area contributed by atoms with Crippen molar-refractivity contribution in [2.75, 3.05) is 13.1 Å². The van der Waals surface area contributed by atoms with E-state index in [2.05, 4.69) is 32.6 Å². The summed E-state index contributed by atoms with van der Waals surface area (Å²) >= 11 is 0. The first-order chi connectivity index (χ1) is 11.3. The number of ether oxygens (including phenoxy) is 1. The minimum Gasteiger partial charge on any atom is -0.371 e. The summed E-state index contributed by atoms with van der Waals surface area (Å²) in [6.07, 6.45) is 9.55. The third-order valence-electron chi connectivity index (χ3n) is 4.29. The normalized spacial score (nSPS) is 19.1. The van der Waals surface area contributed by atoms with Gasteiger partial charge in [-0.05, 0) is 37.9 Å². The zero-order valence-corrected chi connectivity index (χ0v) is 13.9. The molecule has 5 nitrogen and oxygen atoms in total. The zero-order chi connectivity index (χ0) is 15.9. The molecule has 0 bridgehead atoms. The molecule has 2 aromatic heterocycles. The molecule has 1 aliphatic rings. The quantitative estimate of drug-likeness (QED) is 0.788. The lowest BCUT2D eigenvalue weighted by atomic mass is 10.1. The van der Waals surface area contributed by atoms with E-state index < -0.39 is 0 Å². The van der Waals surface area contributed by atoms with Gasteiger partial charge in [-0.15, -0.1) is 0 Å². The molecule has 5 heteroatoms. The molecule has 0 spiro atoms. The van der Waals surface area contributed by atoms with E-state index in [0.29, 0.717) is 12.7 Å². The topological polar surface area (TPSA) is 43.2 Å². The van der Waals surface area contributed by atoms with Gasteiger partial charge in [0.1, 0.15) is 5.82 Å². The molecule has 0 N–H and O–H groups in total. The maximum atomic E-state index is 6.06. The van der Waals surface area contributed by atoms with Crippen molar-refractivity contribution in [2.45, 2.75) is 52.0 Å². The summed E-state index contributed by atoms with van der Waals surface area (Å²) in [6.45, 7) is 6.86. The van der Waals surface area contributed by atoms with Gasteiger partial charge in [-0.1, -0.05) is 13.0 Å². The van der Waals surface area contributed by atoms with E-state index in [1.807, 2.05) is 30.6 Å². The predicted molar refractivity (Wildman–Crippen MR) is 89.8 cm³/mol. The monoisotopic (exact) mass is 314 g/mol. The summed E-state index contributed by atoms with van der Waals surface area (Å²) in [4.78, 5) is 11.3. The number of pyridine rings is 1. The molecular weight excluding hydrogens is 288 g/mol. The van der Waals surface area contributed by atoms with Gasteiger partial charge < -0.3 is 9.30 Å². The molecular formula is C18H26N4O. The predicted octanol–water partition coefficient (Wildman–Crippen LogP) is 2.87. The summed E-state index contributed by atoms with van der Waals surface area (Å²) in [6, 6.07) is 5.96. The molecule has 1 saturated heterocycles. The highest BCUT2D eigenvalue weighted by Crippen LogP contribution is 2.17. The smallest absolute Gasteiger partial charge is 0.122 e. The Labute approximate surface area is 138 Å². The van der Waals surface area contributed by atoms with Gasteiger partial charge in [0.15, 0.2) is 0 Å². The average molecular weight is 314 g/mol. The Bertz CT molecular complexity index is 584. The number of piperidine rings is 1. The molecule has 0 radical (unpaired) electrons. The van der Waals surface area contributed by atoms with Gasteiger partial charge in [-0.3, -0.25) is 9.88 Å². The summed E-state index contributed by atoms with van der Waals surface area (Å²) in [7, 11) is 0. The summed E-state index contributed by atoms with van der Waals surface area (Å²) in [5.74, 6) is 1.16.